The molecule has 0 bridgehead atoms. The van der Waals surface area contributed by atoms with Crippen molar-refractivity contribution in [2.75, 3.05) is 0 Å². The molecule has 0 amide bonds. The van der Waals surface area contributed by atoms with Crippen molar-refractivity contribution < 1.29 is 26.3 Å². The minimum atomic E-state index is -4.71. The Morgan fingerprint density at radius 3 is 2.17 bits per heavy atom. The lowest BCUT2D eigenvalue weighted by Crippen LogP contribution is -2.23. The highest BCUT2D eigenvalue weighted by Gasteiger charge is 2.37. The smallest absolute Gasteiger partial charge is 0.242 e. The summed E-state index contributed by atoms with van der Waals surface area (Å²) in [5.41, 5.74) is -2.35. The number of fused-ring (bicyclic) bond motifs is 1. The minimum absolute atomic E-state index is 0.247. The van der Waals surface area contributed by atoms with E-state index in [1.54, 1.807) is 0 Å². The molecule has 1 aliphatic heterocycles. The average molecular weight is 379 g/mol. The van der Waals surface area contributed by atoms with E-state index >= 15 is 0 Å². The summed E-state index contributed by atoms with van der Waals surface area (Å²) in [6.45, 7) is 0. The first-order valence-electron chi connectivity index (χ1n) is 4.52. The van der Waals surface area contributed by atoms with Crippen molar-refractivity contribution in [2.24, 2.45) is 4.99 Å². The number of allylic oxidation sites excluding steroid dienone is 1. The predicted octanol–water partition coefficient (Wildman–Crippen LogP) is 3.96. The highest BCUT2D eigenvalue weighted by molar-refractivity contribution is 14.2. The van der Waals surface area contributed by atoms with Crippen LogP contribution >= 0.6 is 20.7 Å². The van der Waals surface area contributed by atoms with E-state index in [0.29, 0.717) is 0 Å². The van der Waals surface area contributed by atoms with E-state index in [9.17, 15) is 26.3 Å². The Bertz CT molecular complexity index is 625. The van der Waals surface area contributed by atoms with Gasteiger partial charge in [0.1, 0.15) is 0 Å². The lowest BCUT2D eigenvalue weighted by molar-refractivity contribution is -0.138. The maximum absolute atomic E-state index is 12.7. The molecular weight excluding hydrogens is 375 g/mol. The van der Waals surface area contributed by atoms with E-state index in [1.807, 2.05) is 0 Å². The fraction of sp³-hybridized carbons (Fsp3) is 0.200. The highest BCUT2D eigenvalue weighted by atomic mass is 127. The Labute approximate surface area is 107 Å². The van der Waals surface area contributed by atoms with Crippen LogP contribution in [0.15, 0.2) is 33.0 Å². The molecule has 0 unspecified atom stereocenters. The van der Waals surface area contributed by atoms with Gasteiger partial charge in [-0.3, -0.25) is 0 Å². The van der Waals surface area contributed by atoms with Gasteiger partial charge < -0.3 is 0 Å². The normalized spacial score (nSPS) is 15.8. The third-order valence-electron chi connectivity index (χ3n) is 2.09. The lowest BCUT2D eigenvalue weighted by Gasteiger charge is -2.11. The van der Waals surface area contributed by atoms with Gasteiger partial charge in [-0.2, -0.15) is 26.3 Å². The van der Waals surface area contributed by atoms with Crippen LogP contribution in [0.3, 0.4) is 0 Å². The monoisotopic (exact) mass is 379 g/mol. The summed E-state index contributed by atoms with van der Waals surface area (Å²) in [6.07, 6.45) is -9.41. The summed E-state index contributed by atoms with van der Waals surface area (Å²) >= 11 is -1.25. The van der Waals surface area contributed by atoms with Gasteiger partial charge in [-0.25, -0.2) is 4.99 Å². The van der Waals surface area contributed by atoms with Crippen molar-refractivity contribution in [3.63, 3.8) is 0 Å². The van der Waals surface area contributed by atoms with Gasteiger partial charge in [0.2, 0.25) is 0 Å². The summed E-state index contributed by atoms with van der Waals surface area (Å²) in [6, 6.07) is 3.31. The molecule has 0 fully saturated rings. The van der Waals surface area contributed by atoms with Crippen LogP contribution < -0.4 is 5.36 Å². The zero-order chi connectivity index (χ0) is 13.6. The highest BCUT2D eigenvalue weighted by Crippen LogP contribution is 2.32. The van der Waals surface area contributed by atoms with Crippen LogP contribution in [0.5, 0.6) is 0 Å². The second-order valence-electron chi connectivity index (χ2n) is 3.35. The SMILES string of the molecule is FC(F)(F)C1=CI=c2cccc(C(F)(F)F)c2=N1. The average Bonchev–Trinajstić information content (AvgIpc) is 2.25. The Balaban J connectivity index is 2.72. The van der Waals surface area contributed by atoms with Gasteiger partial charge in [0, 0.05) is 7.24 Å². The molecule has 0 N–H and O–H groups in total. The molecule has 2 rings (SSSR count). The molecular formula is C10H4F6IN. The van der Waals surface area contributed by atoms with Crippen LogP contribution in [-0.4, -0.2) is 6.18 Å². The van der Waals surface area contributed by atoms with E-state index in [2.05, 4.69) is 4.99 Å². The molecule has 8 heteroatoms. The Morgan fingerprint density at radius 2 is 1.61 bits per heavy atom. The van der Waals surface area contributed by atoms with Crippen molar-refractivity contribution in [2.45, 2.75) is 12.4 Å². The standard InChI is InChI=1S/C10H4F6IN/c11-9(12,13)5-2-1-3-6-8(5)18-7(4-17-6)10(14,15)16/h1-4H. The topological polar surface area (TPSA) is 12.4 Å². The summed E-state index contributed by atoms with van der Waals surface area (Å²) in [4.78, 5) is 3.13. The predicted molar refractivity (Wildman–Crippen MR) is 59.6 cm³/mol. The Hall–Kier alpha value is -0.930. The summed E-state index contributed by atoms with van der Waals surface area (Å²) in [5, 5.41) is -0.590. The number of hydrogen-bond donors (Lipinski definition) is 0. The molecule has 1 nitrogen and oxygen atoms in total. The Kier molecular flexibility index (Phi) is 3.24. The fourth-order valence-corrected chi connectivity index (χ4v) is 3.57. The van der Waals surface area contributed by atoms with Crippen LogP contribution in [0.4, 0.5) is 26.3 Å². The first-order chi connectivity index (χ1) is 8.19. The number of benzene rings is 1. The molecule has 1 aromatic carbocycles. The third-order valence-corrected chi connectivity index (χ3v) is 4.53. The number of nitrogens with zero attached hydrogens (tertiary/aromatic N) is 1. The lowest BCUT2D eigenvalue weighted by atomic mass is 10.2. The van der Waals surface area contributed by atoms with Gasteiger partial charge in [0.15, 0.2) is 5.70 Å². The van der Waals surface area contributed by atoms with E-state index < -0.39 is 49.7 Å². The van der Waals surface area contributed by atoms with Crippen molar-refractivity contribution in [1.82, 2.24) is 0 Å². The van der Waals surface area contributed by atoms with Crippen molar-refractivity contribution >= 4 is 20.7 Å². The molecule has 0 saturated heterocycles. The maximum atomic E-state index is 12.7. The molecule has 0 spiro atoms. The minimum Gasteiger partial charge on any atom is -0.242 e. The van der Waals surface area contributed by atoms with Crippen molar-refractivity contribution in [3.8, 4) is 0 Å². The molecule has 0 aromatic heterocycles. The van der Waals surface area contributed by atoms with E-state index in [0.717, 1.165) is 10.1 Å². The van der Waals surface area contributed by atoms with Gasteiger partial charge in [0.25, 0.3) is 0 Å². The van der Waals surface area contributed by atoms with E-state index in [1.165, 1.54) is 12.1 Å². The van der Waals surface area contributed by atoms with Crippen LogP contribution in [0.1, 0.15) is 5.56 Å². The largest absolute Gasteiger partial charge is 0.433 e. The van der Waals surface area contributed by atoms with Crippen LogP contribution in [-0.2, 0) is 6.18 Å². The molecule has 98 valence electrons. The quantitative estimate of drug-likeness (QED) is 0.478. The number of alkyl halides is 6. The van der Waals surface area contributed by atoms with Crippen LogP contribution in [0.2, 0.25) is 0 Å². The number of rotatable bonds is 0. The molecule has 0 aliphatic carbocycles. The van der Waals surface area contributed by atoms with E-state index in [4.69, 9.17) is 0 Å². The number of halogens is 7. The Morgan fingerprint density at radius 1 is 0.944 bits per heavy atom. The first kappa shape index (κ1) is 13.5. The zero-order valence-electron chi connectivity index (χ0n) is 8.40. The van der Waals surface area contributed by atoms with E-state index in [-0.39, 0.29) is 3.15 Å². The molecule has 0 atom stereocenters. The van der Waals surface area contributed by atoms with Gasteiger partial charge >= 0.3 is 12.4 Å². The summed E-state index contributed by atoms with van der Waals surface area (Å²) in [5.74, 6) is 0. The van der Waals surface area contributed by atoms with Gasteiger partial charge in [-0.15, -0.1) is 0 Å². The van der Waals surface area contributed by atoms with Gasteiger partial charge in [-0.05, 0) is 12.1 Å². The van der Waals surface area contributed by atoms with Gasteiger partial charge in [-0.1, -0.05) is 26.8 Å². The van der Waals surface area contributed by atoms with Crippen molar-refractivity contribution in [3.05, 3.63) is 42.1 Å². The maximum Gasteiger partial charge on any atom is 0.433 e. The summed E-state index contributed by atoms with van der Waals surface area (Å²) in [7, 11) is 0. The first-order valence-corrected chi connectivity index (χ1v) is 6.85. The second-order valence-corrected chi connectivity index (χ2v) is 5.75. The second kappa shape index (κ2) is 4.32. The molecule has 18 heavy (non-hydrogen) atoms. The number of hydrogen-bond acceptors (Lipinski definition) is 1. The van der Waals surface area contributed by atoms with Crippen LogP contribution in [0, 0.1) is 3.15 Å². The molecule has 0 saturated carbocycles. The fourth-order valence-electron chi connectivity index (χ4n) is 1.33. The third kappa shape index (κ3) is 2.57. The molecule has 1 heterocycles. The van der Waals surface area contributed by atoms with Gasteiger partial charge in [0.05, 0.1) is 10.9 Å². The van der Waals surface area contributed by atoms with Crippen molar-refractivity contribution in [1.29, 1.82) is 0 Å². The molecule has 1 aliphatic rings. The van der Waals surface area contributed by atoms with Crippen LogP contribution in [0.25, 0.3) is 0 Å². The zero-order valence-corrected chi connectivity index (χ0v) is 10.6. The number of para-hydroxylation sites is 1. The molecule has 1 aromatic rings. The molecule has 0 radical (unpaired) electrons. The summed E-state index contributed by atoms with van der Waals surface area (Å²) < 4.78 is 76.4.